The van der Waals surface area contributed by atoms with E-state index in [0.29, 0.717) is 43.3 Å². The lowest BCUT2D eigenvalue weighted by Crippen LogP contribution is -2.53. The first-order valence-corrected chi connectivity index (χ1v) is 10.3. The van der Waals surface area contributed by atoms with Crippen molar-refractivity contribution in [3.05, 3.63) is 83.4 Å². The summed E-state index contributed by atoms with van der Waals surface area (Å²) in [5.41, 5.74) is 1.05. The second kappa shape index (κ2) is 9.17. The molecule has 0 aliphatic carbocycles. The summed E-state index contributed by atoms with van der Waals surface area (Å²) >= 11 is 0. The molecule has 2 aromatic carbocycles. The molecule has 166 valence electrons. The molecular weight excluding hydrogens is 416 g/mol. The van der Waals surface area contributed by atoms with Crippen LogP contribution >= 0.6 is 0 Å². The number of hydrogen-bond donors (Lipinski definition) is 1. The number of aromatic nitrogens is 2. The predicted octanol–water partition coefficient (Wildman–Crippen LogP) is 3.13. The van der Waals surface area contributed by atoms with E-state index in [0.717, 1.165) is 0 Å². The van der Waals surface area contributed by atoms with Crippen LogP contribution in [0.2, 0.25) is 0 Å². The monoisotopic (exact) mass is 439 g/mol. The van der Waals surface area contributed by atoms with E-state index in [9.17, 15) is 18.4 Å². The molecule has 9 heteroatoms. The topological polar surface area (TPSA) is 70.5 Å². The molecule has 4 rings (SSSR count). The highest BCUT2D eigenvalue weighted by Crippen LogP contribution is 2.17. The van der Waals surface area contributed by atoms with E-state index in [2.05, 4.69) is 10.3 Å². The standard InChI is InChI=1S/C23H23F2N5O2/c1-16-26-8-9-30(16)21-7-6-17(14-20(21)25)15-27-23(32)29-12-10-28(11-13-29)22(31)18-4-2-3-5-19(18)24/h2-9,14H,10-13,15H2,1H3,(H,27,32). The zero-order valence-electron chi connectivity index (χ0n) is 17.6. The third-order valence-corrected chi connectivity index (χ3v) is 5.50. The van der Waals surface area contributed by atoms with E-state index < -0.39 is 11.6 Å². The molecule has 3 amide bonds. The second-order valence-electron chi connectivity index (χ2n) is 7.55. The van der Waals surface area contributed by atoms with Crippen molar-refractivity contribution in [1.82, 2.24) is 24.7 Å². The molecule has 0 saturated carbocycles. The van der Waals surface area contributed by atoms with E-state index in [4.69, 9.17) is 0 Å². The van der Waals surface area contributed by atoms with E-state index in [1.54, 1.807) is 47.0 Å². The number of carbonyl (C=O) groups excluding carboxylic acids is 2. The van der Waals surface area contributed by atoms with Crippen LogP contribution in [-0.4, -0.2) is 57.5 Å². The highest BCUT2D eigenvalue weighted by atomic mass is 19.1. The Labute approximate surface area is 184 Å². The number of halogens is 2. The Morgan fingerprint density at radius 3 is 2.38 bits per heavy atom. The summed E-state index contributed by atoms with van der Waals surface area (Å²) in [7, 11) is 0. The zero-order chi connectivity index (χ0) is 22.7. The molecule has 1 aliphatic rings. The number of piperazine rings is 1. The van der Waals surface area contributed by atoms with E-state index >= 15 is 0 Å². The third kappa shape index (κ3) is 4.46. The molecule has 1 N–H and O–H groups in total. The molecular formula is C23H23F2N5O2. The highest BCUT2D eigenvalue weighted by molar-refractivity contribution is 5.94. The number of urea groups is 1. The van der Waals surface area contributed by atoms with Crippen molar-refractivity contribution in [1.29, 1.82) is 0 Å². The zero-order valence-corrected chi connectivity index (χ0v) is 17.6. The van der Waals surface area contributed by atoms with Gasteiger partial charge in [0.05, 0.1) is 11.3 Å². The molecule has 2 heterocycles. The van der Waals surface area contributed by atoms with Crippen LogP contribution in [0.1, 0.15) is 21.7 Å². The molecule has 0 bridgehead atoms. The summed E-state index contributed by atoms with van der Waals surface area (Å²) in [6.45, 7) is 3.26. The SMILES string of the molecule is Cc1nccn1-c1ccc(CNC(=O)N2CCN(C(=O)c3ccccc3F)CC2)cc1F. The van der Waals surface area contributed by atoms with Gasteiger partial charge in [0.2, 0.25) is 0 Å². The summed E-state index contributed by atoms with van der Waals surface area (Å²) < 4.78 is 30.0. The van der Waals surface area contributed by atoms with Gasteiger partial charge < -0.3 is 19.7 Å². The van der Waals surface area contributed by atoms with Crippen molar-refractivity contribution >= 4 is 11.9 Å². The molecule has 1 aliphatic heterocycles. The molecule has 0 radical (unpaired) electrons. The van der Waals surface area contributed by atoms with E-state index in [1.165, 1.54) is 29.2 Å². The van der Waals surface area contributed by atoms with Crippen LogP contribution in [0.15, 0.2) is 54.9 Å². The smallest absolute Gasteiger partial charge is 0.317 e. The Hall–Kier alpha value is -3.75. The lowest BCUT2D eigenvalue weighted by molar-refractivity contribution is 0.0660. The maximum Gasteiger partial charge on any atom is 0.317 e. The van der Waals surface area contributed by atoms with Crippen LogP contribution in [0, 0.1) is 18.6 Å². The molecule has 1 aromatic heterocycles. The fourth-order valence-corrected chi connectivity index (χ4v) is 3.70. The van der Waals surface area contributed by atoms with Crippen molar-refractivity contribution in [3.63, 3.8) is 0 Å². The largest absolute Gasteiger partial charge is 0.335 e. The molecule has 7 nitrogen and oxygen atoms in total. The van der Waals surface area contributed by atoms with Crippen LogP contribution in [-0.2, 0) is 6.54 Å². The second-order valence-corrected chi connectivity index (χ2v) is 7.55. The molecule has 32 heavy (non-hydrogen) atoms. The first kappa shape index (κ1) is 21.5. The minimum atomic E-state index is -0.556. The minimum absolute atomic E-state index is 0.0294. The van der Waals surface area contributed by atoms with Crippen LogP contribution < -0.4 is 5.32 Å². The summed E-state index contributed by atoms with van der Waals surface area (Å²) in [5, 5.41) is 2.78. The summed E-state index contributed by atoms with van der Waals surface area (Å²) in [6.07, 6.45) is 3.29. The van der Waals surface area contributed by atoms with Crippen molar-refractivity contribution in [2.75, 3.05) is 26.2 Å². The maximum atomic E-state index is 14.5. The average molecular weight is 439 g/mol. The number of rotatable bonds is 4. The van der Waals surface area contributed by atoms with Crippen molar-refractivity contribution in [2.24, 2.45) is 0 Å². The number of hydrogen-bond acceptors (Lipinski definition) is 3. The van der Waals surface area contributed by atoms with Gasteiger partial charge >= 0.3 is 6.03 Å². The maximum absolute atomic E-state index is 14.5. The van der Waals surface area contributed by atoms with Crippen LogP contribution in [0.5, 0.6) is 0 Å². The molecule has 0 spiro atoms. The molecule has 3 aromatic rings. The van der Waals surface area contributed by atoms with Crippen LogP contribution in [0.3, 0.4) is 0 Å². The Morgan fingerprint density at radius 2 is 1.72 bits per heavy atom. The fraction of sp³-hybridized carbons (Fsp3) is 0.261. The molecule has 1 saturated heterocycles. The third-order valence-electron chi connectivity index (χ3n) is 5.50. The van der Waals surface area contributed by atoms with Gasteiger partial charge in [0, 0.05) is 45.1 Å². The Morgan fingerprint density at radius 1 is 1.00 bits per heavy atom. The summed E-state index contributed by atoms with van der Waals surface area (Å²) in [5.74, 6) is -0.665. The van der Waals surface area contributed by atoms with Gasteiger partial charge in [-0.2, -0.15) is 0 Å². The first-order chi connectivity index (χ1) is 15.4. The predicted molar refractivity (Wildman–Crippen MR) is 114 cm³/mol. The highest BCUT2D eigenvalue weighted by Gasteiger charge is 2.26. The number of nitrogens with zero attached hydrogens (tertiary/aromatic N) is 4. The lowest BCUT2D eigenvalue weighted by atomic mass is 10.1. The number of aryl methyl sites for hydroxylation is 1. The van der Waals surface area contributed by atoms with E-state index in [1.807, 2.05) is 0 Å². The van der Waals surface area contributed by atoms with Crippen molar-refractivity contribution < 1.29 is 18.4 Å². The number of carbonyl (C=O) groups is 2. The summed E-state index contributed by atoms with van der Waals surface area (Å²) in [4.78, 5) is 32.2. The van der Waals surface area contributed by atoms with Gasteiger partial charge in [-0.25, -0.2) is 18.6 Å². The lowest BCUT2D eigenvalue weighted by Gasteiger charge is -2.34. The van der Waals surface area contributed by atoms with Crippen LogP contribution in [0.4, 0.5) is 13.6 Å². The molecule has 1 fully saturated rings. The van der Waals surface area contributed by atoms with E-state index in [-0.39, 0.29) is 24.0 Å². The number of benzene rings is 2. The van der Waals surface area contributed by atoms with Gasteiger partial charge in [0.15, 0.2) is 0 Å². The number of imidazole rings is 1. The van der Waals surface area contributed by atoms with Crippen molar-refractivity contribution in [3.8, 4) is 5.69 Å². The Kier molecular flexibility index (Phi) is 6.16. The Bertz CT molecular complexity index is 1140. The van der Waals surface area contributed by atoms with Gasteiger partial charge in [0.1, 0.15) is 17.5 Å². The quantitative estimate of drug-likeness (QED) is 0.679. The number of amides is 3. The number of nitrogens with one attached hydrogen (secondary N) is 1. The summed E-state index contributed by atoms with van der Waals surface area (Å²) in [6, 6.07) is 10.4. The minimum Gasteiger partial charge on any atom is -0.335 e. The van der Waals surface area contributed by atoms with Gasteiger partial charge in [-0.05, 0) is 36.8 Å². The average Bonchev–Trinajstić information content (AvgIpc) is 3.23. The fourth-order valence-electron chi connectivity index (χ4n) is 3.70. The van der Waals surface area contributed by atoms with Crippen molar-refractivity contribution in [2.45, 2.75) is 13.5 Å². The molecule has 0 unspecified atom stereocenters. The first-order valence-electron chi connectivity index (χ1n) is 10.3. The van der Waals surface area contributed by atoms with Gasteiger partial charge in [0.25, 0.3) is 5.91 Å². The van der Waals surface area contributed by atoms with Crippen LogP contribution in [0.25, 0.3) is 5.69 Å². The molecule has 0 atom stereocenters. The van der Waals surface area contributed by atoms with Gasteiger partial charge in [-0.15, -0.1) is 0 Å². The Balaban J connectivity index is 1.30. The normalized spacial score (nSPS) is 13.8. The van der Waals surface area contributed by atoms with Gasteiger partial charge in [-0.3, -0.25) is 4.79 Å². The van der Waals surface area contributed by atoms with Gasteiger partial charge in [-0.1, -0.05) is 18.2 Å².